The van der Waals surface area contributed by atoms with Crippen LogP contribution in [0.1, 0.15) is 25.3 Å². The number of unbranched alkanes of at least 4 members (excludes halogenated alkanes) is 1. The molecule has 3 aromatic carbocycles. The lowest BCUT2D eigenvalue weighted by Gasteiger charge is -2.12. The highest BCUT2D eigenvalue weighted by atomic mass is 16.5. The summed E-state index contributed by atoms with van der Waals surface area (Å²) in [6.45, 7) is 5.72. The lowest BCUT2D eigenvalue weighted by molar-refractivity contribution is -0.139. The summed E-state index contributed by atoms with van der Waals surface area (Å²) in [6, 6.07) is 19.3. The summed E-state index contributed by atoms with van der Waals surface area (Å²) < 4.78 is 5.18. The van der Waals surface area contributed by atoms with Crippen molar-refractivity contribution < 1.29 is 9.53 Å². The fourth-order valence-electron chi connectivity index (χ4n) is 3.07. The van der Waals surface area contributed by atoms with E-state index in [1.165, 1.54) is 27.1 Å². The Hall–Kier alpha value is -2.61. The number of ether oxygens (including phenoxy) is 1. The molecular formula is C22H22O2. The summed E-state index contributed by atoms with van der Waals surface area (Å²) in [5.41, 5.74) is 1.84. The van der Waals surface area contributed by atoms with Crippen LogP contribution in [0.25, 0.3) is 21.5 Å². The number of benzene rings is 3. The third-order valence-electron chi connectivity index (χ3n) is 4.29. The van der Waals surface area contributed by atoms with Gasteiger partial charge in [-0.25, -0.2) is 4.79 Å². The van der Waals surface area contributed by atoms with E-state index in [1.54, 1.807) is 6.92 Å². The van der Waals surface area contributed by atoms with Crippen molar-refractivity contribution in [3.05, 3.63) is 72.3 Å². The molecule has 0 saturated heterocycles. The number of rotatable bonds is 6. The minimum Gasteiger partial charge on any atom is -0.462 e. The molecular weight excluding hydrogens is 296 g/mol. The van der Waals surface area contributed by atoms with Crippen LogP contribution >= 0.6 is 0 Å². The molecule has 0 atom stereocenters. The lowest BCUT2D eigenvalue weighted by Crippen LogP contribution is -2.06. The van der Waals surface area contributed by atoms with Gasteiger partial charge in [-0.3, -0.25) is 0 Å². The number of hydrogen-bond acceptors (Lipinski definition) is 2. The van der Waals surface area contributed by atoms with Gasteiger partial charge in [-0.15, -0.1) is 0 Å². The molecule has 2 nitrogen and oxygen atoms in total. The van der Waals surface area contributed by atoms with Gasteiger partial charge in [-0.2, -0.15) is 0 Å². The van der Waals surface area contributed by atoms with E-state index in [4.69, 9.17) is 4.74 Å². The van der Waals surface area contributed by atoms with Gasteiger partial charge >= 0.3 is 5.97 Å². The van der Waals surface area contributed by atoms with Crippen molar-refractivity contribution in [1.82, 2.24) is 0 Å². The molecule has 0 aliphatic rings. The maximum atomic E-state index is 11.4. The molecule has 0 aromatic heterocycles. The van der Waals surface area contributed by atoms with Crippen molar-refractivity contribution in [3.8, 4) is 0 Å². The van der Waals surface area contributed by atoms with Crippen molar-refractivity contribution >= 4 is 27.5 Å². The number of hydrogen-bond donors (Lipinski definition) is 0. The monoisotopic (exact) mass is 318 g/mol. The Balaban J connectivity index is 1.77. The van der Waals surface area contributed by atoms with E-state index < -0.39 is 0 Å². The van der Waals surface area contributed by atoms with Crippen LogP contribution in [0.5, 0.6) is 0 Å². The molecule has 2 heteroatoms. The molecule has 0 spiro atoms. The van der Waals surface area contributed by atoms with E-state index in [9.17, 15) is 4.79 Å². The minimum absolute atomic E-state index is 0.300. The lowest BCUT2D eigenvalue weighted by atomic mass is 9.93. The number of aryl methyl sites for hydroxylation is 1. The molecule has 122 valence electrons. The molecule has 0 unspecified atom stereocenters. The Labute approximate surface area is 142 Å². The van der Waals surface area contributed by atoms with E-state index in [0.717, 1.165) is 19.3 Å². The Morgan fingerprint density at radius 3 is 2.12 bits per heavy atom. The standard InChI is InChI=1S/C22H22O2/c1-16(2)22(23)24-14-8-7-13-21-19-11-5-3-9-17(19)15-18-10-4-6-12-20(18)21/h3-6,9-12,15H,1,7-8,13-14H2,2H3. The van der Waals surface area contributed by atoms with Crippen LogP contribution in [-0.2, 0) is 16.0 Å². The van der Waals surface area contributed by atoms with Crippen LogP contribution in [0.4, 0.5) is 0 Å². The first-order valence-corrected chi connectivity index (χ1v) is 8.39. The molecule has 0 heterocycles. The Morgan fingerprint density at radius 2 is 1.54 bits per heavy atom. The average Bonchev–Trinajstić information content (AvgIpc) is 2.60. The van der Waals surface area contributed by atoms with E-state index >= 15 is 0 Å². The van der Waals surface area contributed by atoms with Crippen molar-refractivity contribution in [2.45, 2.75) is 26.2 Å². The van der Waals surface area contributed by atoms with Gasteiger partial charge in [0.15, 0.2) is 0 Å². The van der Waals surface area contributed by atoms with Crippen LogP contribution in [-0.4, -0.2) is 12.6 Å². The normalized spacial score (nSPS) is 10.9. The maximum absolute atomic E-state index is 11.4. The van der Waals surface area contributed by atoms with Crippen molar-refractivity contribution in [2.24, 2.45) is 0 Å². The zero-order valence-corrected chi connectivity index (χ0v) is 14.0. The number of esters is 1. The van der Waals surface area contributed by atoms with E-state index in [-0.39, 0.29) is 5.97 Å². The quantitative estimate of drug-likeness (QED) is 0.262. The molecule has 3 rings (SSSR count). The van der Waals surface area contributed by atoms with Gasteiger partial charge in [0.2, 0.25) is 0 Å². The first-order chi connectivity index (χ1) is 11.7. The van der Waals surface area contributed by atoms with E-state index in [0.29, 0.717) is 12.2 Å². The van der Waals surface area contributed by atoms with Crippen molar-refractivity contribution in [3.63, 3.8) is 0 Å². The van der Waals surface area contributed by atoms with Crippen LogP contribution in [0.3, 0.4) is 0 Å². The van der Waals surface area contributed by atoms with Crippen LogP contribution in [0.2, 0.25) is 0 Å². The molecule has 0 saturated carbocycles. The van der Waals surface area contributed by atoms with Gasteiger partial charge in [0, 0.05) is 5.57 Å². The molecule has 0 radical (unpaired) electrons. The zero-order valence-electron chi connectivity index (χ0n) is 14.0. The summed E-state index contributed by atoms with van der Waals surface area (Å²) >= 11 is 0. The van der Waals surface area contributed by atoms with E-state index in [2.05, 4.69) is 61.2 Å². The third-order valence-corrected chi connectivity index (χ3v) is 4.29. The van der Waals surface area contributed by atoms with Gasteiger partial charge in [0.05, 0.1) is 6.61 Å². The number of fused-ring (bicyclic) bond motifs is 2. The smallest absolute Gasteiger partial charge is 0.333 e. The SMILES string of the molecule is C=C(C)C(=O)OCCCCc1c2ccccc2cc2ccccc12. The molecule has 3 aromatic rings. The van der Waals surface area contributed by atoms with E-state index in [1.807, 2.05) is 0 Å². The molecule has 0 bridgehead atoms. The second kappa shape index (κ2) is 7.31. The van der Waals surface area contributed by atoms with Crippen molar-refractivity contribution in [1.29, 1.82) is 0 Å². The molecule has 24 heavy (non-hydrogen) atoms. The van der Waals surface area contributed by atoms with Gasteiger partial charge in [-0.1, -0.05) is 55.1 Å². The molecule has 0 N–H and O–H groups in total. The first-order valence-electron chi connectivity index (χ1n) is 8.39. The average molecular weight is 318 g/mol. The molecule has 0 aliphatic carbocycles. The predicted molar refractivity (Wildman–Crippen MR) is 100 cm³/mol. The fourth-order valence-corrected chi connectivity index (χ4v) is 3.07. The summed E-state index contributed by atoms with van der Waals surface area (Å²) in [4.78, 5) is 11.4. The summed E-state index contributed by atoms with van der Waals surface area (Å²) in [7, 11) is 0. The highest BCUT2D eigenvalue weighted by Crippen LogP contribution is 2.29. The summed E-state index contributed by atoms with van der Waals surface area (Å²) in [6.07, 6.45) is 2.82. The Kier molecular flexibility index (Phi) is 4.95. The number of carbonyl (C=O) groups excluding carboxylic acids is 1. The molecule has 0 fully saturated rings. The van der Waals surface area contributed by atoms with Gasteiger partial charge < -0.3 is 4.74 Å². The predicted octanol–water partition coefficient (Wildman–Crippen LogP) is 5.44. The highest BCUT2D eigenvalue weighted by molar-refractivity contribution is 6.02. The third kappa shape index (κ3) is 3.48. The second-order valence-electron chi connectivity index (χ2n) is 6.17. The van der Waals surface area contributed by atoms with Crippen LogP contribution < -0.4 is 0 Å². The topological polar surface area (TPSA) is 26.3 Å². The van der Waals surface area contributed by atoms with Gasteiger partial charge in [0.25, 0.3) is 0 Å². The minimum atomic E-state index is -0.300. The van der Waals surface area contributed by atoms with Gasteiger partial charge in [-0.05, 0) is 59.4 Å². The first kappa shape index (κ1) is 16.3. The fraction of sp³-hybridized carbons (Fsp3) is 0.227. The summed E-state index contributed by atoms with van der Waals surface area (Å²) in [5, 5.41) is 5.19. The van der Waals surface area contributed by atoms with Crippen molar-refractivity contribution in [2.75, 3.05) is 6.61 Å². The highest BCUT2D eigenvalue weighted by Gasteiger charge is 2.08. The zero-order chi connectivity index (χ0) is 16.9. The van der Waals surface area contributed by atoms with Gasteiger partial charge in [0.1, 0.15) is 0 Å². The Morgan fingerprint density at radius 1 is 0.958 bits per heavy atom. The maximum Gasteiger partial charge on any atom is 0.333 e. The molecule has 0 amide bonds. The van der Waals surface area contributed by atoms with Crippen LogP contribution in [0, 0.1) is 0 Å². The second-order valence-corrected chi connectivity index (χ2v) is 6.17. The largest absolute Gasteiger partial charge is 0.462 e. The summed E-state index contributed by atoms with van der Waals surface area (Å²) in [5.74, 6) is -0.300. The molecule has 0 aliphatic heterocycles. The van der Waals surface area contributed by atoms with Crippen LogP contribution in [0.15, 0.2) is 66.7 Å². The Bertz CT molecular complexity index is 839. The number of carbonyl (C=O) groups is 1.